The number of ether oxygens (including phenoxy) is 1. The van der Waals surface area contributed by atoms with E-state index in [0.29, 0.717) is 6.61 Å². The molecule has 0 aliphatic carbocycles. The molecule has 0 saturated carbocycles. The molecule has 0 amide bonds. The van der Waals surface area contributed by atoms with Crippen LogP contribution in [0, 0.1) is 6.92 Å². The van der Waals surface area contributed by atoms with Crippen molar-refractivity contribution in [3.05, 3.63) is 34.0 Å². The number of hydrogen-bond donors (Lipinski definition) is 1. The first-order valence-corrected chi connectivity index (χ1v) is 6.46. The number of benzene rings is 1. The summed E-state index contributed by atoms with van der Waals surface area (Å²) in [5.41, 5.74) is 5.48. The van der Waals surface area contributed by atoms with E-state index in [1.54, 1.807) is 0 Å². The average molecular weight is 263 g/mol. The first kappa shape index (κ1) is 11.8. The van der Waals surface area contributed by atoms with E-state index >= 15 is 0 Å². The number of anilines is 1. The Hall–Kier alpha value is -1.32. The molecule has 0 atom stereocenters. The third-order valence-corrected chi connectivity index (χ3v) is 3.77. The Morgan fingerprint density at radius 2 is 2.22 bits per heavy atom. The van der Waals surface area contributed by atoms with Crippen molar-refractivity contribution >= 4 is 28.2 Å². The molecule has 3 nitrogen and oxygen atoms in total. The van der Waals surface area contributed by atoms with Gasteiger partial charge in [0.1, 0.15) is 0 Å². The number of pyridine rings is 1. The Bertz CT molecular complexity index is 625. The molecule has 0 spiro atoms. The predicted octanol–water partition coefficient (Wildman–Crippen LogP) is 3.31. The first-order chi connectivity index (χ1) is 8.72. The minimum Gasteiger partial charge on any atom is -0.387 e. The van der Waals surface area contributed by atoms with Gasteiger partial charge in [-0.05, 0) is 18.6 Å². The van der Waals surface area contributed by atoms with Gasteiger partial charge in [0.15, 0.2) is 0 Å². The minimum atomic E-state index is 0.610. The Labute approximate surface area is 111 Å². The van der Waals surface area contributed by atoms with Gasteiger partial charge in [-0.25, -0.2) is 0 Å². The molecule has 94 valence electrons. The maximum absolute atomic E-state index is 6.33. The van der Waals surface area contributed by atoms with Gasteiger partial charge < -0.3 is 10.1 Å². The Kier molecular flexibility index (Phi) is 2.88. The van der Waals surface area contributed by atoms with Crippen molar-refractivity contribution in [2.75, 3.05) is 19.0 Å². The van der Waals surface area contributed by atoms with Gasteiger partial charge in [-0.3, -0.25) is 4.98 Å². The van der Waals surface area contributed by atoms with Gasteiger partial charge in [0.2, 0.25) is 0 Å². The van der Waals surface area contributed by atoms with E-state index in [1.165, 1.54) is 0 Å². The SMILES string of the molecule is CNc1c2c(nc3c(C)ccc(Cl)c13)CCOC2. The predicted molar refractivity (Wildman–Crippen MR) is 74.4 cm³/mol. The number of rotatable bonds is 1. The van der Waals surface area contributed by atoms with Gasteiger partial charge in [0.05, 0.1) is 35.1 Å². The summed E-state index contributed by atoms with van der Waals surface area (Å²) in [5, 5.41) is 5.00. The van der Waals surface area contributed by atoms with Gasteiger partial charge in [-0.1, -0.05) is 17.7 Å². The largest absolute Gasteiger partial charge is 0.387 e. The summed E-state index contributed by atoms with van der Waals surface area (Å²) in [6.07, 6.45) is 0.867. The lowest BCUT2D eigenvalue weighted by molar-refractivity contribution is 0.110. The van der Waals surface area contributed by atoms with Crippen LogP contribution < -0.4 is 5.32 Å². The van der Waals surface area contributed by atoms with Crippen molar-refractivity contribution in [3.8, 4) is 0 Å². The molecule has 2 aromatic rings. The highest BCUT2D eigenvalue weighted by atomic mass is 35.5. The fourth-order valence-corrected chi connectivity index (χ4v) is 2.78. The van der Waals surface area contributed by atoms with Gasteiger partial charge >= 0.3 is 0 Å². The topological polar surface area (TPSA) is 34.2 Å². The molecule has 1 N–H and O–H groups in total. The maximum Gasteiger partial charge on any atom is 0.0770 e. The monoisotopic (exact) mass is 262 g/mol. The van der Waals surface area contributed by atoms with Crippen LogP contribution in [0.15, 0.2) is 12.1 Å². The van der Waals surface area contributed by atoms with Crippen molar-refractivity contribution in [3.63, 3.8) is 0 Å². The molecule has 0 fully saturated rings. The smallest absolute Gasteiger partial charge is 0.0770 e. The molecule has 1 aliphatic rings. The number of nitrogens with zero attached hydrogens (tertiary/aromatic N) is 1. The summed E-state index contributed by atoms with van der Waals surface area (Å²) in [4.78, 5) is 4.78. The standard InChI is InChI=1S/C14H15ClN2O/c1-8-3-4-10(15)12-13(8)17-11-5-6-18-7-9(11)14(12)16-2/h3-4H,5-7H2,1-2H3,(H,16,17). The van der Waals surface area contributed by atoms with Gasteiger partial charge in [-0.2, -0.15) is 0 Å². The Morgan fingerprint density at radius 1 is 1.39 bits per heavy atom. The van der Waals surface area contributed by atoms with Crippen molar-refractivity contribution in [2.45, 2.75) is 20.0 Å². The molecule has 0 radical (unpaired) electrons. The lowest BCUT2D eigenvalue weighted by atomic mass is 10.0. The first-order valence-electron chi connectivity index (χ1n) is 6.08. The number of nitrogens with one attached hydrogen (secondary N) is 1. The van der Waals surface area contributed by atoms with Gasteiger partial charge in [-0.15, -0.1) is 0 Å². The maximum atomic E-state index is 6.33. The zero-order chi connectivity index (χ0) is 12.7. The fourth-order valence-electron chi connectivity index (χ4n) is 2.53. The van der Waals surface area contributed by atoms with Crippen LogP contribution in [0.25, 0.3) is 10.9 Å². The second-order valence-electron chi connectivity index (χ2n) is 4.55. The van der Waals surface area contributed by atoms with Crippen molar-refractivity contribution in [1.29, 1.82) is 0 Å². The summed E-state index contributed by atoms with van der Waals surface area (Å²) >= 11 is 6.33. The molecule has 0 unspecified atom stereocenters. The van der Waals surface area contributed by atoms with Crippen LogP contribution in [-0.2, 0) is 17.8 Å². The Balaban J connectivity index is 2.44. The molecule has 1 aliphatic heterocycles. The van der Waals surface area contributed by atoms with Crippen molar-refractivity contribution in [1.82, 2.24) is 4.98 Å². The highest BCUT2D eigenvalue weighted by Gasteiger charge is 2.20. The second-order valence-corrected chi connectivity index (χ2v) is 4.96. The Morgan fingerprint density at radius 3 is 3.00 bits per heavy atom. The molecule has 3 rings (SSSR count). The number of aromatic nitrogens is 1. The van der Waals surface area contributed by atoms with Crippen molar-refractivity contribution in [2.24, 2.45) is 0 Å². The molecular weight excluding hydrogens is 248 g/mol. The van der Waals surface area contributed by atoms with Crippen LogP contribution in [0.2, 0.25) is 5.02 Å². The third kappa shape index (κ3) is 1.66. The van der Waals surface area contributed by atoms with E-state index in [0.717, 1.165) is 51.5 Å². The summed E-state index contributed by atoms with van der Waals surface area (Å²) in [5.74, 6) is 0. The van der Waals surface area contributed by atoms with Gasteiger partial charge in [0.25, 0.3) is 0 Å². The molecule has 2 heterocycles. The number of aryl methyl sites for hydroxylation is 1. The van der Waals surface area contributed by atoms with E-state index in [4.69, 9.17) is 21.3 Å². The molecular formula is C14H15ClN2O. The van der Waals surface area contributed by atoms with Crippen LogP contribution in [-0.4, -0.2) is 18.6 Å². The summed E-state index contributed by atoms with van der Waals surface area (Å²) in [6.45, 7) is 3.42. The van der Waals surface area contributed by atoms with E-state index in [2.05, 4.69) is 12.2 Å². The zero-order valence-corrected chi connectivity index (χ0v) is 11.3. The van der Waals surface area contributed by atoms with E-state index < -0.39 is 0 Å². The second kappa shape index (κ2) is 4.41. The average Bonchev–Trinajstić information content (AvgIpc) is 2.41. The van der Waals surface area contributed by atoms with Crippen LogP contribution >= 0.6 is 11.6 Å². The highest BCUT2D eigenvalue weighted by molar-refractivity contribution is 6.36. The summed E-state index contributed by atoms with van der Waals surface area (Å²) in [6, 6.07) is 3.95. The van der Waals surface area contributed by atoms with Crippen LogP contribution in [0.5, 0.6) is 0 Å². The minimum absolute atomic E-state index is 0.610. The lowest BCUT2D eigenvalue weighted by Gasteiger charge is -2.21. The number of hydrogen-bond acceptors (Lipinski definition) is 3. The van der Waals surface area contributed by atoms with Crippen LogP contribution in [0.1, 0.15) is 16.8 Å². The molecule has 0 bridgehead atoms. The molecule has 1 aromatic heterocycles. The molecule has 0 saturated heterocycles. The van der Waals surface area contributed by atoms with Gasteiger partial charge in [0, 0.05) is 24.4 Å². The summed E-state index contributed by atoms with van der Waals surface area (Å²) in [7, 11) is 1.92. The summed E-state index contributed by atoms with van der Waals surface area (Å²) < 4.78 is 5.53. The van der Waals surface area contributed by atoms with Crippen LogP contribution in [0.4, 0.5) is 5.69 Å². The quantitative estimate of drug-likeness (QED) is 0.856. The third-order valence-electron chi connectivity index (χ3n) is 3.46. The molecule has 1 aromatic carbocycles. The van der Waals surface area contributed by atoms with Crippen LogP contribution in [0.3, 0.4) is 0 Å². The zero-order valence-electron chi connectivity index (χ0n) is 10.5. The fraction of sp³-hybridized carbons (Fsp3) is 0.357. The van der Waals surface area contributed by atoms with Crippen molar-refractivity contribution < 1.29 is 4.74 Å². The van der Waals surface area contributed by atoms with E-state index in [-0.39, 0.29) is 0 Å². The normalized spacial score (nSPS) is 14.6. The highest BCUT2D eigenvalue weighted by Crippen LogP contribution is 2.36. The number of halogens is 1. The number of fused-ring (bicyclic) bond motifs is 2. The van der Waals surface area contributed by atoms with E-state index in [9.17, 15) is 0 Å². The molecule has 18 heavy (non-hydrogen) atoms. The lowest BCUT2D eigenvalue weighted by Crippen LogP contribution is -2.14. The van der Waals surface area contributed by atoms with E-state index in [1.807, 2.05) is 19.2 Å². The molecule has 4 heteroatoms.